The van der Waals surface area contributed by atoms with Gasteiger partial charge in [-0.2, -0.15) is 0 Å². The molecule has 0 aromatic heterocycles. The minimum absolute atomic E-state index is 0.0997. The van der Waals surface area contributed by atoms with E-state index in [1.54, 1.807) is 24.3 Å². The largest absolute Gasteiger partial charge is 0.379 e. The van der Waals surface area contributed by atoms with E-state index in [-0.39, 0.29) is 17.5 Å². The molecule has 3 N–H and O–H groups in total. The summed E-state index contributed by atoms with van der Waals surface area (Å²) in [6.45, 7) is 3.01. The van der Waals surface area contributed by atoms with Crippen molar-refractivity contribution in [3.05, 3.63) is 94.0 Å². The van der Waals surface area contributed by atoms with E-state index >= 15 is 0 Å². The number of carbonyl (C=O) groups excluding carboxylic acids is 2. The summed E-state index contributed by atoms with van der Waals surface area (Å²) < 4.78 is 5.32. The summed E-state index contributed by atoms with van der Waals surface area (Å²) in [4.78, 5) is 38.4. The highest BCUT2D eigenvalue weighted by atomic mass is 16.6. The van der Waals surface area contributed by atoms with E-state index in [1.165, 1.54) is 18.2 Å². The van der Waals surface area contributed by atoms with Gasteiger partial charge < -0.3 is 20.7 Å². The van der Waals surface area contributed by atoms with Gasteiger partial charge in [0.1, 0.15) is 0 Å². The Labute approximate surface area is 213 Å². The zero-order chi connectivity index (χ0) is 25.8. The first-order chi connectivity index (χ1) is 18.0. The fraction of sp³-hybridized carbons (Fsp3) is 0.185. The molecule has 37 heavy (non-hydrogen) atoms. The Bertz CT molecular complexity index is 1370. The average Bonchev–Trinajstić information content (AvgIpc) is 3.24. The molecule has 0 atom stereocenters. The lowest BCUT2D eigenvalue weighted by molar-refractivity contribution is -0.384. The highest BCUT2D eigenvalue weighted by Crippen LogP contribution is 2.39. The van der Waals surface area contributed by atoms with E-state index in [0.29, 0.717) is 53.7 Å². The van der Waals surface area contributed by atoms with E-state index in [1.807, 2.05) is 35.2 Å². The lowest BCUT2D eigenvalue weighted by atomic mass is 9.99. The molecule has 3 aromatic carbocycles. The van der Waals surface area contributed by atoms with Crippen LogP contribution in [0.15, 0.2) is 72.8 Å². The van der Waals surface area contributed by atoms with Crippen LogP contribution in [0.25, 0.3) is 11.3 Å². The number of morpholine rings is 1. The highest BCUT2D eigenvalue weighted by Gasteiger charge is 2.30. The number of nitrogens with zero attached hydrogens (tertiary/aromatic N) is 2. The molecule has 10 heteroatoms. The van der Waals surface area contributed by atoms with Gasteiger partial charge in [0.25, 0.3) is 11.6 Å². The Morgan fingerprint density at radius 2 is 1.65 bits per heavy atom. The first-order valence-electron chi connectivity index (χ1n) is 11.8. The number of rotatable bonds is 7. The molecule has 0 unspecified atom stereocenters. The zero-order valence-electron chi connectivity index (χ0n) is 19.9. The quantitative estimate of drug-likeness (QED) is 0.256. The summed E-state index contributed by atoms with van der Waals surface area (Å²) in [7, 11) is 0. The Balaban J connectivity index is 1.41. The van der Waals surface area contributed by atoms with Crippen LogP contribution in [0.1, 0.15) is 11.1 Å². The summed E-state index contributed by atoms with van der Waals surface area (Å²) in [5.74, 6) is -0.454. The van der Waals surface area contributed by atoms with Gasteiger partial charge in [-0.25, -0.2) is 0 Å². The van der Waals surface area contributed by atoms with E-state index in [0.717, 1.165) is 18.7 Å². The maximum Gasteiger partial charge on any atom is 0.270 e. The molecule has 1 saturated heterocycles. The topological polar surface area (TPSA) is 126 Å². The van der Waals surface area contributed by atoms with Gasteiger partial charge in [0.05, 0.1) is 36.0 Å². The second-order valence-corrected chi connectivity index (χ2v) is 8.70. The molecule has 1 fully saturated rings. The molecule has 0 spiro atoms. The maximum absolute atomic E-state index is 13.0. The number of hydrogen-bond acceptors (Lipinski definition) is 7. The fourth-order valence-electron chi connectivity index (χ4n) is 4.34. The number of nitro benzene ring substituents is 1. The predicted molar refractivity (Wildman–Crippen MR) is 141 cm³/mol. The van der Waals surface area contributed by atoms with Crippen molar-refractivity contribution in [1.29, 1.82) is 0 Å². The molecule has 0 radical (unpaired) electrons. The molecule has 5 rings (SSSR count). The molecule has 3 aromatic rings. The van der Waals surface area contributed by atoms with Crippen LogP contribution in [-0.4, -0.2) is 54.5 Å². The van der Waals surface area contributed by atoms with Crippen LogP contribution in [0.5, 0.6) is 0 Å². The van der Waals surface area contributed by atoms with Gasteiger partial charge in [-0.05, 0) is 35.9 Å². The number of non-ortho nitro benzene ring substituents is 1. The van der Waals surface area contributed by atoms with E-state index in [4.69, 9.17) is 4.74 Å². The molecular weight excluding hydrogens is 474 g/mol. The molecular formula is C27H25N5O5. The summed E-state index contributed by atoms with van der Waals surface area (Å²) in [6, 6.07) is 20.8. The van der Waals surface area contributed by atoms with Gasteiger partial charge in [0.2, 0.25) is 5.91 Å². The van der Waals surface area contributed by atoms with Crippen molar-refractivity contribution in [2.75, 3.05) is 48.8 Å². The minimum atomic E-state index is -0.484. The third-order valence-corrected chi connectivity index (χ3v) is 6.18. The smallest absolute Gasteiger partial charge is 0.270 e. The lowest BCUT2D eigenvalue weighted by Crippen LogP contribution is -2.41. The number of hydrogen-bond donors (Lipinski definition) is 3. The van der Waals surface area contributed by atoms with E-state index < -0.39 is 4.92 Å². The second kappa shape index (κ2) is 10.6. The minimum Gasteiger partial charge on any atom is -0.379 e. The van der Waals surface area contributed by atoms with Gasteiger partial charge in [-0.3, -0.25) is 24.6 Å². The molecule has 0 bridgehead atoms. The molecule has 0 aliphatic carbocycles. The SMILES string of the molecule is O=C(CN1CCOCC1)Nc1ccc(NC(=C2C(=O)Nc3ccc([N+](=O)[O-])cc32)c2ccccc2)cc1. The highest BCUT2D eigenvalue weighted by molar-refractivity contribution is 6.37. The molecule has 188 valence electrons. The van der Waals surface area contributed by atoms with E-state index in [2.05, 4.69) is 16.0 Å². The van der Waals surface area contributed by atoms with Gasteiger partial charge in [-0.15, -0.1) is 0 Å². The van der Waals surface area contributed by atoms with Gasteiger partial charge in [0, 0.05) is 47.8 Å². The second-order valence-electron chi connectivity index (χ2n) is 8.70. The Morgan fingerprint density at radius 3 is 2.32 bits per heavy atom. The Morgan fingerprint density at radius 1 is 0.973 bits per heavy atom. The first-order valence-corrected chi connectivity index (χ1v) is 11.8. The van der Waals surface area contributed by atoms with E-state index in [9.17, 15) is 19.7 Å². The Hall–Kier alpha value is -4.54. The molecule has 2 aliphatic heterocycles. The monoisotopic (exact) mass is 499 g/mol. The summed E-state index contributed by atoms with van der Waals surface area (Å²) >= 11 is 0. The molecule has 2 aliphatic rings. The third-order valence-electron chi connectivity index (χ3n) is 6.18. The van der Waals surface area contributed by atoms with Crippen molar-refractivity contribution in [3.8, 4) is 0 Å². The van der Waals surface area contributed by atoms with Crippen LogP contribution in [0, 0.1) is 10.1 Å². The number of carbonyl (C=O) groups is 2. The van der Waals surface area contributed by atoms with Crippen LogP contribution >= 0.6 is 0 Å². The van der Waals surface area contributed by atoms with Crippen LogP contribution in [-0.2, 0) is 14.3 Å². The van der Waals surface area contributed by atoms with Gasteiger partial charge in [0.15, 0.2) is 0 Å². The average molecular weight is 500 g/mol. The maximum atomic E-state index is 13.0. The summed E-state index contributed by atoms with van der Waals surface area (Å²) in [5.41, 5.74) is 3.78. The van der Waals surface area contributed by atoms with Crippen molar-refractivity contribution in [1.82, 2.24) is 4.90 Å². The lowest BCUT2D eigenvalue weighted by Gasteiger charge is -2.25. The number of ether oxygens (including phenoxy) is 1. The van der Waals surface area contributed by atoms with Crippen molar-refractivity contribution in [3.63, 3.8) is 0 Å². The number of fused-ring (bicyclic) bond motifs is 1. The summed E-state index contributed by atoms with van der Waals surface area (Å²) in [6.07, 6.45) is 0. The molecule has 0 saturated carbocycles. The van der Waals surface area contributed by atoms with Crippen molar-refractivity contribution in [2.45, 2.75) is 0 Å². The molecule has 10 nitrogen and oxygen atoms in total. The number of amides is 2. The number of nitrogens with one attached hydrogen (secondary N) is 3. The van der Waals surface area contributed by atoms with Crippen LogP contribution in [0.4, 0.5) is 22.7 Å². The fourth-order valence-corrected chi connectivity index (χ4v) is 4.34. The number of anilines is 3. The van der Waals surface area contributed by atoms with Crippen LogP contribution in [0.2, 0.25) is 0 Å². The molecule has 2 heterocycles. The van der Waals surface area contributed by atoms with Crippen molar-refractivity contribution in [2.24, 2.45) is 0 Å². The van der Waals surface area contributed by atoms with Gasteiger partial charge >= 0.3 is 0 Å². The van der Waals surface area contributed by atoms with Crippen LogP contribution in [0.3, 0.4) is 0 Å². The van der Waals surface area contributed by atoms with Crippen molar-refractivity contribution < 1.29 is 19.2 Å². The predicted octanol–water partition coefficient (Wildman–Crippen LogP) is 3.80. The molecule has 2 amide bonds. The van der Waals surface area contributed by atoms with Crippen LogP contribution < -0.4 is 16.0 Å². The standard InChI is InChI=1S/C27H25N5O5/c33-24(17-31-12-14-37-15-13-31)28-19-6-8-20(9-7-19)29-26(18-4-2-1-3-5-18)25-22-16-21(32(35)36)10-11-23(22)30-27(25)34/h1-11,16,29H,12-15,17H2,(H,28,33)(H,30,34). The summed E-state index contributed by atoms with van der Waals surface area (Å²) in [5, 5.41) is 20.4. The number of benzene rings is 3. The zero-order valence-corrected chi connectivity index (χ0v) is 19.9. The number of nitro groups is 1. The normalized spacial score (nSPS) is 16.5. The van der Waals surface area contributed by atoms with Gasteiger partial charge in [-0.1, -0.05) is 30.3 Å². The third kappa shape index (κ3) is 5.50. The Kier molecular flexibility index (Phi) is 6.93. The van der Waals surface area contributed by atoms with Crippen molar-refractivity contribution >= 4 is 45.8 Å². The first kappa shape index (κ1) is 24.2.